The molecule has 0 saturated heterocycles. The van der Waals surface area contributed by atoms with Crippen LogP contribution in [0.15, 0.2) is 22.7 Å². The largest absolute Gasteiger partial charge is 0.481 e. The average Bonchev–Trinajstić information content (AvgIpc) is 2.25. The predicted octanol–water partition coefficient (Wildman–Crippen LogP) is 1.25. The van der Waals surface area contributed by atoms with Crippen LogP contribution in [0.1, 0.15) is 16.8 Å². The van der Waals surface area contributed by atoms with E-state index in [0.29, 0.717) is 4.47 Å². The van der Waals surface area contributed by atoms with E-state index >= 15 is 0 Å². The van der Waals surface area contributed by atoms with E-state index in [2.05, 4.69) is 15.9 Å². The van der Waals surface area contributed by atoms with Crippen LogP contribution >= 0.6 is 15.9 Å². The summed E-state index contributed by atoms with van der Waals surface area (Å²) in [6.07, 6.45) is -0.766. The zero-order valence-electron chi connectivity index (χ0n) is 9.39. The third-order valence-corrected chi connectivity index (χ3v) is 2.56. The average molecular weight is 334 g/mol. The number of amides is 1. The van der Waals surface area contributed by atoms with E-state index in [4.69, 9.17) is 10.2 Å². The van der Waals surface area contributed by atoms with E-state index in [-0.39, 0.29) is 5.56 Å². The molecule has 1 rings (SSSR count). The lowest BCUT2D eigenvalue weighted by Crippen LogP contribution is -2.42. The number of carboxylic acids is 2. The van der Waals surface area contributed by atoms with Crippen molar-refractivity contribution in [3.8, 4) is 0 Å². The van der Waals surface area contributed by atoms with Crippen molar-refractivity contribution in [2.45, 2.75) is 12.5 Å². The summed E-state index contributed by atoms with van der Waals surface area (Å²) in [6, 6.07) is 1.76. The van der Waals surface area contributed by atoms with Crippen molar-refractivity contribution in [2.24, 2.45) is 0 Å². The lowest BCUT2D eigenvalue weighted by atomic mass is 10.1. The number of carbonyl (C=O) groups is 3. The standard InChI is InChI=1S/C11H9BrFNO5/c12-6-1-5(2-7(13)3-6)10(17)14-8(11(18)19)4-9(15)16/h1-3,8H,4H2,(H,14,17)(H,15,16)(H,18,19). The second-order valence-electron chi connectivity index (χ2n) is 3.62. The molecule has 3 N–H and O–H groups in total. The monoisotopic (exact) mass is 333 g/mol. The van der Waals surface area contributed by atoms with Gasteiger partial charge in [0.2, 0.25) is 0 Å². The Morgan fingerprint density at radius 1 is 1.26 bits per heavy atom. The molecule has 0 aliphatic heterocycles. The Labute approximate surface area is 115 Å². The fourth-order valence-corrected chi connectivity index (χ4v) is 1.77. The quantitative estimate of drug-likeness (QED) is 0.752. The summed E-state index contributed by atoms with van der Waals surface area (Å²) >= 11 is 2.99. The zero-order chi connectivity index (χ0) is 14.6. The predicted molar refractivity (Wildman–Crippen MR) is 65.2 cm³/mol. The van der Waals surface area contributed by atoms with Crippen molar-refractivity contribution >= 4 is 33.8 Å². The van der Waals surface area contributed by atoms with Gasteiger partial charge in [-0.05, 0) is 18.2 Å². The molecule has 0 bridgehead atoms. The van der Waals surface area contributed by atoms with Crippen molar-refractivity contribution in [3.05, 3.63) is 34.1 Å². The number of halogens is 2. The highest BCUT2D eigenvalue weighted by molar-refractivity contribution is 9.10. The van der Waals surface area contributed by atoms with E-state index in [0.717, 1.165) is 12.1 Å². The second kappa shape index (κ2) is 6.28. The van der Waals surface area contributed by atoms with Gasteiger partial charge >= 0.3 is 11.9 Å². The van der Waals surface area contributed by atoms with Gasteiger partial charge in [0.15, 0.2) is 0 Å². The van der Waals surface area contributed by atoms with Gasteiger partial charge in [-0.25, -0.2) is 9.18 Å². The Morgan fingerprint density at radius 2 is 1.89 bits per heavy atom. The highest BCUT2D eigenvalue weighted by Gasteiger charge is 2.23. The van der Waals surface area contributed by atoms with Crippen molar-refractivity contribution in [1.82, 2.24) is 5.32 Å². The maximum atomic E-state index is 13.1. The van der Waals surface area contributed by atoms with Crippen LogP contribution in [0.25, 0.3) is 0 Å². The summed E-state index contributed by atoms with van der Waals surface area (Å²) < 4.78 is 13.4. The molecule has 1 aromatic rings. The number of rotatable bonds is 5. The lowest BCUT2D eigenvalue weighted by Gasteiger charge is -2.12. The van der Waals surface area contributed by atoms with Crippen LogP contribution in [0.5, 0.6) is 0 Å². The molecule has 1 unspecified atom stereocenters. The molecule has 0 radical (unpaired) electrons. The lowest BCUT2D eigenvalue weighted by molar-refractivity contribution is -0.145. The van der Waals surface area contributed by atoms with E-state index in [1.165, 1.54) is 6.07 Å². The van der Waals surface area contributed by atoms with Gasteiger partial charge in [-0.2, -0.15) is 0 Å². The summed E-state index contributed by atoms with van der Waals surface area (Å²) in [7, 11) is 0. The molecule has 0 spiro atoms. The van der Waals surface area contributed by atoms with Crippen molar-refractivity contribution < 1.29 is 29.0 Å². The van der Waals surface area contributed by atoms with Crippen molar-refractivity contribution in [2.75, 3.05) is 0 Å². The van der Waals surface area contributed by atoms with Crippen LogP contribution in [0.3, 0.4) is 0 Å². The minimum Gasteiger partial charge on any atom is -0.481 e. The molecule has 0 heterocycles. The number of carbonyl (C=O) groups excluding carboxylic acids is 1. The summed E-state index contributed by atoms with van der Waals surface area (Å²) in [5.41, 5.74) is -0.108. The van der Waals surface area contributed by atoms with Crippen LogP contribution in [0.2, 0.25) is 0 Å². The number of hydrogen-bond donors (Lipinski definition) is 3. The topological polar surface area (TPSA) is 104 Å². The smallest absolute Gasteiger partial charge is 0.326 e. The van der Waals surface area contributed by atoms with Crippen molar-refractivity contribution in [3.63, 3.8) is 0 Å². The molecule has 102 valence electrons. The third-order valence-electron chi connectivity index (χ3n) is 2.11. The second-order valence-corrected chi connectivity index (χ2v) is 4.54. The number of aliphatic carboxylic acids is 2. The number of carboxylic acid groups (broad SMARTS) is 2. The van der Waals surface area contributed by atoms with Gasteiger partial charge in [-0.3, -0.25) is 9.59 Å². The summed E-state index contributed by atoms with van der Waals surface area (Å²) in [6.45, 7) is 0. The molecule has 1 atom stereocenters. The Balaban J connectivity index is 2.87. The number of hydrogen-bond acceptors (Lipinski definition) is 3. The Kier molecular flexibility index (Phi) is 4.99. The highest BCUT2D eigenvalue weighted by Crippen LogP contribution is 2.15. The fraction of sp³-hybridized carbons (Fsp3) is 0.182. The maximum absolute atomic E-state index is 13.1. The maximum Gasteiger partial charge on any atom is 0.326 e. The van der Waals surface area contributed by atoms with Gasteiger partial charge in [0.1, 0.15) is 11.9 Å². The van der Waals surface area contributed by atoms with Crippen LogP contribution in [-0.2, 0) is 9.59 Å². The fourth-order valence-electron chi connectivity index (χ4n) is 1.30. The molecule has 6 nitrogen and oxygen atoms in total. The number of benzene rings is 1. The van der Waals surface area contributed by atoms with Gasteiger partial charge in [-0.15, -0.1) is 0 Å². The van der Waals surface area contributed by atoms with Gasteiger partial charge in [-0.1, -0.05) is 15.9 Å². The molecule has 8 heteroatoms. The van der Waals surface area contributed by atoms with E-state index in [9.17, 15) is 18.8 Å². The van der Waals surface area contributed by atoms with Crippen LogP contribution in [-0.4, -0.2) is 34.1 Å². The normalized spacial score (nSPS) is 11.7. The molecule has 0 aromatic heterocycles. The first-order valence-electron chi connectivity index (χ1n) is 5.01. The molecular weight excluding hydrogens is 325 g/mol. The Hall–Kier alpha value is -1.96. The molecule has 19 heavy (non-hydrogen) atoms. The van der Waals surface area contributed by atoms with Crippen molar-refractivity contribution in [1.29, 1.82) is 0 Å². The first-order chi connectivity index (χ1) is 8.79. The van der Waals surface area contributed by atoms with Gasteiger partial charge < -0.3 is 15.5 Å². The minimum atomic E-state index is -1.58. The van der Waals surface area contributed by atoms with Crippen LogP contribution in [0.4, 0.5) is 4.39 Å². The summed E-state index contributed by atoms with van der Waals surface area (Å²) in [4.78, 5) is 32.9. The molecule has 0 fully saturated rings. The van der Waals surface area contributed by atoms with E-state index in [1.807, 2.05) is 5.32 Å². The Bertz CT molecular complexity index is 514. The molecular formula is C11H9BrFNO5. The third kappa shape index (κ3) is 4.66. The highest BCUT2D eigenvalue weighted by atomic mass is 79.9. The van der Waals surface area contributed by atoms with E-state index in [1.54, 1.807) is 0 Å². The first-order valence-corrected chi connectivity index (χ1v) is 5.80. The minimum absolute atomic E-state index is 0.108. The SMILES string of the molecule is O=C(O)CC(NC(=O)c1cc(F)cc(Br)c1)C(=O)O. The van der Waals surface area contributed by atoms with Gasteiger partial charge in [0.25, 0.3) is 5.91 Å². The summed E-state index contributed by atoms with van der Waals surface area (Å²) in [5, 5.41) is 19.3. The molecule has 1 amide bonds. The van der Waals surface area contributed by atoms with Gasteiger partial charge in [0.05, 0.1) is 6.42 Å². The molecule has 0 aliphatic rings. The first kappa shape index (κ1) is 15.1. The van der Waals surface area contributed by atoms with Gasteiger partial charge in [0, 0.05) is 10.0 Å². The van der Waals surface area contributed by atoms with Crippen LogP contribution < -0.4 is 5.32 Å². The molecule has 1 aromatic carbocycles. The van der Waals surface area contributed by atoms with Crippen LogP contribution in [0, 0.1) is 5.82 Å². The van der Waals surface area contributed by atoms with E-state index < -0.39 is 36.1 Å². The summed E-state index contributed by atoms with van der Waals surface area (Å²) in [5.74, 6) is -4.39. The molecule has 0 saturated carbocycles. The zero-order valence-corrected chi connectivity index (χ0v) is 11.0. The Morgan fingerprint density at radius 3 is 2.37 bits per heavy atom. The molecule has 0 aliphatic carbocycles. The number of nitrogens with one attached hydrogen (secondary N) is 1.